The van der Waals surface area contributed by atoms with Gasteiger partial charge in [-0.2, -0.15) is 0 Å². The van der Waals surface area contributed by atoms with E-state index < -0.39 is 5.60 Å². The van der Waals surface area contributed by atoms with Crippen molar-refractivity contribution in [3.8, 4) is 0 Å². The van der Waals surface area contributed by atoms with E-state index in [0.717, 1.165) is 31.4 Å². The number of carbonyl (C=O) groups is 2. The highest BCUT2D eigenvalue weighted by atomic mass is 16.6. The summed E-state index contributed by atoms with van der Waals surface area (Å²) in [6, 6.07) is 8.44. The number of nitrogens with zero attached hydrogens (tertiary/aromatic N) is 1. The Morgan fingerprint density at radius 3 is 2.59 bits per heavy atom. The Morgan fingerprint density at radius 1 is 1.34 bits per heavy atom. The molecule has 0 aliphatic carbocycles. The third-order valence-electron chi connectivity index (χ3n) is 4.84. The molecule has 2 aliphatic heterocycles. The lowest BCUT2D eigenvalue weighted by Crippen LogP contribution is -2.39. The van der Waals surface area contributed by atoms with Gasteiger partial charge in [0, 0.05) is 6.54 Å². The summed E-state index contributed by atoms with van der Waals surface area (Å²) >= 11 is 0. The van der Waals surface area contributed by atoms with Crippen LogP contribution in [0.1, 0.15) is 58.2 Å². The van der Waals surface area contributed by atoms with Crippen molar-refractivity contribution in [2.75, 3.05) is 13.2 Å². The van der Waals surface area contributed by atoms with E-state index in [0.29, 0.717) is 6.61 Å². The lowest BCUT2D eigenvalue weighted by atomic mass is 9.89. The van der Waals surface area contributed by atoms with Crippen LogP contribution in [0.15, 0.2) is 36.4 Å². The smallest absolute Gasteiger partial charge is 0.407 e. The van der Waals surface area contributed by atoms with E-state index in [2.05, 4.69) is 24.0 Å². The molecule has 0 spiro atoms. The quantitative estimate of drug-likeness (QED) is 0.613. The zero-order valence-corrected chi connectivity index (χ0v) is 18.2. The highest BCUT2D eigenvalue weighted by Crippen LogP contribution is 2.32. The van der Waals surface area contributed by atoms with E-state index in [9.17, 15) is 9.59 Å². The molecule has 0 aromatic heterocycles. The lowest BCUT2D eigenvalue weighted by Gasteiger charge is -2.35. The first kappa shape index (κ1) is 22.9. The average molecular weight is 403 g/mol. The third kappa shape index (κ3) is 6.89. The van der Waals surface area contributed by atoms with Crippen molar-refractivity contribution in [2.45, 2.75) is 71.2 Å². The average Bonchev–Trinajstić information content (AvgIpc) is 3.03. The Kier molecular flexibility index (Phi) is 7.85. The van der Waals surface area contributed by atoms with E-state index in [1.807, 2.05) is 51.7 Å². The fourth-order valence-corrected chi connectivity index (χ4v) is 3.64. The Morgan fingerprint density at radius 2 is 2.03 bits per heavy atom. The second-order valence-corrected chi connectivity index (χ2v) is 8.76. The maximum atomic E-state index is 11.3. The van der Waals surface area contributed by atoms with Crippen LogP contribution in [0.5, 0.6) is 0 Å². The molecule has 0 radical (unpaired) electrons. The van der Waals surface area contributed by atoms with Gasteiger partial charge in [0.25, 0.3) is 0 Å². The van der Waals surface area contributed by atoms with Gasteiger partial charge >= 0.3 is 6.09 Å². The number of hydrogen-bond donors (Lipinski definition) is 1. The van der Waals surface area contributed by atoms with Gasteiger partial charge in [-0.25, -0.2) is 4.79 Å². The largest absolute Gasteiger partial charge is 0.444 e. The molecule has 160 valence electrons. The fourth-order valence-electron chi connectivity index (χ4n) is 3.64. The standard InChI is InChI=1S/C13H15NO.C10H19NO3/c1-10(2)13-12-6-4-3-5-11(12)7-8-14(13)9-15;1-7-5-8(6-13-7)11-9(12)14-10(2,3)4/h3-6,9,13H,1,7-8H2,2H3;7-8H,5-6H2,1-4H3,(H,11,12)/t13-;7-,8?/m00/s1. The van der Waals surface area contributed by atoms with E-state index in [1.165, 1.54) is 11.1 Å². The zero-order valence-electron chi connectivity index (χ0n) is 18.2. The van der Waals surface area contributed by atoms with E-state index in [1.54, 1.807) is 0 Å². The minimum Gasteiger partial charge on any atom is -0.444 e. The molecule has 1 aromatic carbocycles. The number of alkyl carbamates (subject to hydrolysis) is 1. The van der Waals surface area contributed by atoms with Gasteiger partial charge in [-0.05, 0) is 58.6 Å². The minimum absolute atomic E-state index is 0.0625. The predicted octanol–water partition coefficient (Wildman–Crippen LogP) is 4.01. The summed E-state index contributed by atoms with van der Waals surface area (Å²) < 4.78 is 10.5. The van der Waals surface area contributed by atoms with Crippen LogP contribution in [0.4, 0.5) is 4.79 Å². The summed E-state index contributed by atoms with van der Waals surface area (Å²) in [6.45, 7) is 14.9. The Balaban J connectivity index is 0.000000208. The molecule has 0 saturated carbocycles. The van der Waals surface area contributed by atoms with Gasteiger partial charge in [0.2, 0.25) is 6.41 Å². The third-order valence-corrected chi connectivity index (χ3v) is 4.84. The van der Waals surface area contributed by atoms with E-state index in [4.69, 9.17) is 9.47 Å². The van der Waals surface area contributed by atoms with Crippen molar-refractivity contribution < 1.29 is 19.1 Å². The predicted molar refractivity (Wildman–Crippen MR) is 114 cm³/mol. The topological polar surface area (TPSA) is 67.9 Å². The molecule has 3 atom stereocenters. The second kappa shape index (κ2) is 9.92. The van der Waals surface area contributed by atoms with Crippen LogP contribution in [-0.4, -0.2) is 48.3 Å². The van der Waals surface area contributed by atoms with Crippen molar-refractivity contribution >= 4 is 12.5 Å². The van der Waals surface area contributed by atoms with Crippen LogP contribution in [-0.2, 0) is 20.7 Å². The number of carbonyl (C=O) groups excluding carboxylic acids is 2. The number of rotatable bonds is 3. The van der Waals surface area contributed by atoms with Gasteiger partial charge in [-0.15, -0.1) is 0 Å². The van der Waals surface area contributed by atoms with E-state index in [-0.39, 0.29) is 24.3 Å². The highest BCUT2D eigenvalue weighted by Gasteiger charge is 2.26. The molecule has 6 nitrogen and oxygen atoms in total. The maximum Gasteiger partial charge on any atom is 0.407 e. The van der Waals surface area contributed by atoms with Crippen LogP contribution < -0.4 is 5.32 Å². The summed E-state index contributed by atoms with van der Waals surface area (Å²) in [6.07, 6.45) is 2.60. The molecule has 3 rings (SSSR count). The van der Waals surface area contributed by atoms with Crippen molar-refractivity contribution in [1.29, 1.82) is 0 Å². The molecule has 2 amide bonds. The lowest BCUT2D eigenvalue weighted by molar-refractivity contribution is -0.120. The van der Waals surface area contributed by atoms with Crippen molar-refractivity contribution in [1.82, 2.24) is 10.2 Å². The molecule has 29 heavy (non-hydrogen) atoms. The van der Waals surface area contributed by atoms with Gasteiger partial charge in [-0.1, -0.05) is 36.4 Å². The Hall–Kier alpha value is -2.34. The number of benzene rings is 1. The molecule has 1 fully saturated rings. The number of nitrogens with one attached hydrogen (secondary N) is 1. The number of fused-ring (bicyclic) bond motifs is 1. The van der Waals surface area contributed by atoms with E-state index >= 15 is 0 Å². The molecule has 1 saturated heterocycles. The molecule has 1 N–H and O–H groups in total. The monoisotopic (exact) mass is 402 g/mol. The van der Waals surface area contributed by atoms with Crippen LogP contribution >= 0.6 is 0 Å². The van der Waals surface area contributed by atoms with Crippen LogP contribution in [0.3, 0.4) is 0 Å². The molecule has 0 bridgehead atoms. The van der Waals surface area contributed by atoms with Crippen LogP contribution in [0, 0.1) is 0 Å². The molecular weight excluding hydrogens is 368 g/mol. The second-order valence-electron chi connectivity index (χ2n) is 8.76. The molecular formula is C23H34N2O4. The molecule has 2 aliphatic rings. The van der Waals surface area contributed by atoms with Gasteiger partial charge in [0.05, 0.1) is 24.8 Å². The normalized spacial score (nSPS) is 23.3. The van der Waals surface area contributed by atoms with Crippen LogP contribution in [0.25, 0.3) is 0 Å². The van der Waals surface area contributed by atoms with Crippen molar-refractivity contribution in [3.63, 3.8) is 0 Å². The summed E-state index contributed by atoms with van der Waals surface area (Å²) in [5.74, 6) is 0. The zero-order chi connectivity index (χ0) is 21.6. The summed E-state index contributed by atoms with van der Waals surface area (Å²) in [5, 5.41) is 2.78. The first-order valence-corrected chi connectivity index (χ1v) is 10.2. The van der Waals surface area contributed by atoms with Crippen LogP contribution in [0.2, 0.25) is 0 Å². The van der Waals surface area contributed by atoms with Gasteiger partial charge < -0.3 is 19.7 Å². The van der Waals surface area contributed by atoms with Crippen molar-refractivity contribution in [2.24, 2.45) is 0 Å². The highest BCUT2D eigenvalue weighted by molar-refractivity contribution is 5.68. The first-order valence-electron chi connectivity index (χ1n) is 10.2. The number of amides is 2. The summed E-state index contributed by atoms with van der Waals surface area (Å²) in [7, 11) is 0. The molecule has 6 heteroatoms. The van der Waals surface area contributed by atoms with Gasteiger partial charge in [0.1, 0.15) is 5.60 Å². The van der Waals surface area contributed by atoms with Gasteiger partial charge in [-0.3, -0.25) is 4.79 Å². The molecule has 1 aromatic rings. The minimum atomic E-state index is -0.435. The summed E-state index contributed by atoms with van der Waals surface area (Å²) in [5.41, 5.74) is 3.15. The number of ether oxygens (including phenoxy) is 2. The molecule has 1 unspecified atom stereocenters. The SMILES string of the molecule is C=C(C)[C@H]1c2ccccc2CCN1C=O.C[C@H]1CC(NC(=O)OC(C)(C)C)CO1. The van der Waals surface area contributed by atoms with Gasteiger partial charge in [0.15, 0.2) is 0 Å². The first-order chi connectivity index (χ1) is 13.6. The maximum absolute atomic E-state index is 11.3. The molecule has 2 heterocycles. The number of hydrogen-bond acceptors (Lipinski definition) is 4. The Bertz CT molecular complexity index is 726. The summed E-state index contributed by atoms with van der Waals surface area (Å²) in [4.78, 5) is 24.1. The Labute approximate surface area is 174 Å². The fraction of sp³-hybridized carbons (Fsp3) is 0.565. The van der Waals surface area contributed by atoms with Crippen molar-refractivity contribution in [3.05, 3.63) is 47.5 Å².